The van der Waals surface area contributed by atoms with Crippen molar-refractivity contribution in [3.8, 4) is 5.88 Å². The molecule has 0 unspecified atom stereocenters. The van der Waals surface area contributed by atoms with Crippen LogP contribution >= 0.6 is 0 Å². The van der Waals surface area contributed by atoms with Gasteiger partial charge in [-0.25, -0.2) is 14.8 Å². The Kier molecular flexibility index (Phi) is 4.50. The first-order valence-electron chi connectivity index (χ1n) is 6.13. The van der Waals surface area contributed by atoms with Gasteiger partial charge >= 0.3 is 5.97 Å². The van der Waals surface area contributed by atoms with E-state index in [1.54, 1.807) is 16.7 Å². The van der Waals surface area contributed by atoms with Crippen LogP contribution in [0, 0.1) is 0 Å². The van der Waals surface area contributed by atoms with Gasteiger partial charge in [0.05, 0.1) is 19.0 Å². The van der Waals surface area contributed by atoms with Crippen molar-refractivity contribution in [1.29, 1.82) is 0 Å². The van der Waals surface area contributed by atoms with Gasteiger partial charge < -0.3 is 19.7 Å². The summed E-state index contributed by atoms with van der Waals surface area (Å²) in [5, 5.41) is 11.4. The van der Waals surface area contributed by atoms with Crippen LogP contribution in [0.5, 0.6) is 5.88 Å². The SMILES string of the molecule is COc1ccc(C(=O)NCCn2cnc(C(=O)O)c2)cn1. The van der Waals surface area contributed by atoms with Crippen LogP contribution in [0.15, 0.2) is 30.9 Å². The Morgan fingerprint density at radius 1 is 1.38 bits per heavy atom. The average molecular weight is 290 g/mol. The zero-order chi connectivity index (χ0) is 15.2. The van der Waals surface area contributed by atoms with Gasteiger partial charge in [-0.15, -0.1) is 0 Å². The highest BCUT2D eigenvalue weighted by atomic mass is 16.5. The third kappa shape index (κ3) is 3.78. The molecule has 21 heavy (non-hydrogen) atoms. The fourth-order valence-electron chi connectivity index (χ4n) is 1.63. The van der Waals surface area contributed by atoms with Crippen molar-refractivity contribution in [3.63, 3.8) is 0 Å². The zero-order valence-electron chi connectivity index (χ0n) is 11.3. The van der Waals surface area contributed by atoms with E-state index in [-0.39, 0.29) is 11.6 Å². The van der Waals surface area contributed by atoms with Crippen LogP contribution in [0.1, 0.15) is 20.8 Å². The summed E-state index contributed by atoms with van der Waals surface area (Å²) in [5.41, 5.74) is 0.397. The summed E-state index contributed by atoms with van der Waals surface area (Å²) in [7, 11) is 1.50. The Hall–Kier alpha value is -2.90. The van der Waals surface area contributed by atoms with Crippen LogP contribution in [-0.4, -0.2) is 45.2 Å². The van der Waals surface area contributed by atoms with E-state index in [1.807, 2.05) is 0 Å². The predicted molar refractivity (Wildman–Crippen MR) is 72.3 cm³/mol. The zero-order valence-corrected chi connectivity index (χ0v) is 11.3. The largest absolute Gasteiger partial charge is 0.481 e. The summed E-state index contributed by atoms with van der Waals surface area (Å²) in [5.74, 6) is -0.906. The molecule has 0 aromatic carbocycles. The number of carboxylic acids is 1. The normalized spacial score (nSPS) is 10.1. The second-order valence-electron chi connectivity index (χ2n) is 4.15. The minimum Gasteiger partial charge on any atom is -0.481 e. The molecule has 2 aromatic heterocycles. The lowest BCUT2D eigenvalue weighted by Gasteiger charge is -2.06. The third-order valence-electron chi connectivity index (χ3n) is 2.72. The first-order valence-corrected chi connectivity index (χ1v) is 6.13. The van der Waals surface area contributed by atoms with E-state index in [9.17, 15) is 9.59 Å². The van der Waals surface area contributed by atoms with Crippen LogP contribution in [0.4, 0.5) is 0 Å². The van der Waals surface area contributed by atoms with Crippen molar-refractivity contribution >= 4 is 11.9 Å². The molecule has 0 aliphatic rings. The number of imidazole rings is 1. The fraction of sp³-hybridized carbons (Fsp3) is 0.231. The number of methoxy groups -OCH3 is 1. The molecule has 0 saturated heterocycles. The highest BCUT2D eigenvalue weighted by Crippen LogP contribution is 2.06. The van der Waals surface area contributed by atoms with E-state index >= 15 is 0 Å². The molecule has 110 valence electrons. The molecular formula is C13H14N4O4. The number of ether oxygens (including phenoxy) is 1. The summed E-state index contributed by atoms with van der Waals surface area (Å²) in [6.07, 6.45) is 4.24. The quantitative estimate of drug-likeness (QED) is 0.798. The van der Waals surface area contributed by atoms with Gasteiger partial charge in [0.1, 0.15) is 0 Å². The number of nitrogens with one attached hydrogen (secondary N) is 1. The van der Waals surface area contributed by atoms with E-state index < -0.39 is 5.97 Å². The Bertz CT molecular complexity index is 636. The van der Waals surface area contributed by atoms with Crippen LogP contribution in [0.3, 0.4) is 0 Å². The molecule has 2 N–H and O–H groups in total. The lowest BCUT2D eigenvalue weighted by atomic mass is 10.2. The Morgan fingerprint density at radius 3 is 2.76 bits per heavy atom. The molecule has 2 heterocycles. The molecule has 0 atom stereocenters. The maximum absolute atomic E-state index is 11.8. The molecule has 2 rings (SSSR count). The van der Waals surface area contributed by atoms with E-state index in [0.717, 1.165) is 0 Å². The first-order chi connectivity index (χ1) is 10.1. The van der Waals surface area contributed by atoms with Crippen molar-refractivity contribution in [2.45, 2.75) is 6.54 Å². The third-order valence-corrected chi connectivity index (χ3v) is 2.72. The molecule has 0 spiro atoms. The first kappa shape index (κ1) is 14.5. The molecule has 2 aromatic rings. The minimum atomic E-state index is -1.08. The molecule has 0 aliphatic carbocycles. The number of hydrogen-bond donors (Lipinski definition) is 2. The second kappa shape index (κ2) is 6.51. The van der Waals surface area contributed by atoms with E-state index in [2.05, 4.69) is 15.3 Å². The number of carbonyl (C=O) groups excluding carboxylic acids is 1. The average Bonchev–Trinajstić information content (AvgIpc) is 2.96. The van der Waals surface area contributed by atoms with Gasteiger partial charge in [0.25, 0.3) is 5.91 Å². The smallest absolute Gasteiger partial charge is 0.356 e. The fourth-order valence-corrected chi connectivity index (χ4v) is 1.63. The second-order valence-corrected chi connectivity index (χ2v) is 4.15. The van der Waals surface area contributed by atoms with Crippen LogP contribution in [0.2, 0.25) is 0 Å². The number of carbonyl (C=O) groups is 2. The Morgan fingerprint density at radius 2 is 2.19 bits per heavy atom. The molecule has 8 heteroatoms. The van der Waals surface area contributed by atoms with Gasteiger partial charge in [-0.3, -0.25) is 4.79 Å². The lowest BCUT2D eigenvalue weighted by Crippen LogP contribution is -2.27. The van der Waals surface area contributed by atoms with Crippen molar-refractivity contribution < 1.29 is 19.4 Å². The van der Waals surface area contributed by atoms with Gasteiger partial charge in [0, 0.05) is 31.5 Å². The summed E-state index contributed by atoms with van der Waals surface area (Å²) in [4.78, 5) is 30.2. The van der Waals surface area contributed by atoms with E-state index in [4.69, 9.17) is 9.84 Å². The molecule has 8 nitrogen and oxygen atoms in total. The summed E-state index contributed by atoms with van der Waals surface area (Å²) >= 11 is 0. The molecular weight excluding hydrogens is 276 g/mol. The van der Waals surface area contributed by atoms with Crippen molar-refractivity contribution in [2.24, 2.45) is 0 Å². The number of hydrogen-bond acceptors (Lipinski definition) is 5. The van der Waals surface area contributed by atoms with Crippen molar-refractivity contribution in [3.05, 3.63) is 42.1 Å². The van der Waals surface area contributed by atoms with Gasteiger partial charge in [-0.1, -0.05) is 0 Å². The van der Waals surface area contributed by atoms with E-state index in [1.165, 1.54) is 25.8 Å². The Labute approximate surface area is 120 Å². The highest BCUT2D eigenvalue weighted by molar-refractivity contribution is 5.93. The number of aromatic carboxylic acids is 1. The van der Waals surface area contributed by atoms with Crippen LogP contribution < -0.4 is 10.1 Å². The molecule has 0 radical (unpaired) electrons. The number of carboxylic acid groups (broad SMARTS) is 1. The highest BCUT2D eigenvalue weighted by Gasteiger charge is 2.08. The number of nitrogens with zero attached hydrogens (tertiary/aromatic N) is 3. The molecule has 1 amide bonds. The number of pyridine rings is 1. The monoisotopic (exact) mass is 290 g/mol. The molecule has 0 bridgehead atoms. The lowest BCUT2D eigenvalue weighted by molar-refractivity contribution is 0.0690. The standard InChI is InChI=1S/C13H14N4O4/c1-21-11-3-2-9(6-15-11)12(18)14-4-5-17-7-10(13(19)20)16-8-17/h2-3,6-8H,4-5H2,1H3,(H,14,18)(H,19,20). The molecule has 0 aliphatic heterocycles. The number of amides is 1. The minimum absolute atomic E-state index is 0.0271. The predicted octanol–water partition coefficient (Wildman–Crippen LogP) is 0.415. The maximum Gasteiger partial charge on any atom is 0.356 e. The topological polar surface area (TPSA) is 106 Å². The number of rotatable bonds is 6. The van der Waals surface area contributed by atoms with Crippen LogP contribution in [0.25, 0.3) is 0 Å². The van der Waals surface area contributed by atoms with Gasteiger partial charge in [0.15, 0.2) is 5.69 Å². The summed E-state index contributed by atoms with van der Waals surface area (Å²) in [6.45, 7) is 0.774. The maximum atomic E-state index is 11.8. The summed E-state index contributed by atoms with van der Waals surface area (Å²) < 4.78 is 6.50. The van der Waals surface area contributed by atoms with Crippen molar-refractivity contribution in [1.82, 2.24) is 19.9 Å². The van der Waals surface area contributed by atoms with E-state index in [0.29, 0.717) is 24.5 Å². The van der Waals surface area contributed by atoms with Crippen molar-refractivity contribution in [2.75, 3.05) is 13.7 Å². The van der Waals surface area contributed by atoms with Gasteiger partial charge in [-0.2, -0.15) is 0 Å². The molecule has 0 saturated carbocycles. The van der Waals surface area contributed by atoms with Gasteiger partial charge in [-0.05, 0) is 6.07 Å². The van der Waals surface area contributed by atoms with Gasteiger partial charge in [0.2, 0.25) is 5.88 Å². The summed E-state index contributed by atoms with van der Waals surface area (Å²) in [6, 6.07) is 3.21. The molecule has 0 fully saturated rings. The van der Waals surface area contributed by atoms with Crippen LogP contribution in [-0.2, 0) is 6.54 Å². The Balaban J connectivity index is 1.84. The number of aromatic nitrogens is 3.